The summed E-state index contributed by atoms with van der Waals surface area (Å²) < 4.78 is 41.6. The second-order valence-electron chi connectivity index (χ2n) is 5.04. The molecule has 0 heterocycles. The molecule has 0 saturated heterocycles. The summed E-state index contributed by atoms with van der Waals surface area (Å²) in [5.74, 6) is -0.393. The molecule has 2 rings (SSSR count). The molecule has 1 amide bonds. The van der Waals surface area contributed by atoms with E-state index in [1.165, 1.54) is 43.5 Å². The van der Waals surface area contributed by atoms with Crippen molar-refractivity contribution in [2.24, 2.45) is 0 Å². The van der Waals surface area contributed by atoms with Gasteiger partial charge in [-0.25, -0.2) is 12.8 Å². The number of hydrogen-bond acceptors (Lipinski definition) is 5. The van der Waals surface area contributed by atoms with Crippen molar-refractivity contribution >= 4 is 27.1 Å². The molecule has 0 spiro atoms. The minimum atomic E-state index is -3.49. The van der Waals surface area contributed by atoms with Gasteiger partial charge in [0.2, 0.25) is 5.91 Å². The van der Waals surface area contributed by atoms with Crippen molar-refractivity contribution < 1.29 is 22.3 Å². The number of sulfone groups is 1. The number of carbonyl (C=O) groups excluding carboxylic acids is 1. The van der Waals surface area contributed by atoms with Crippen LogP contribution in [0.25, 0.3) is 0 Å². The van der Waals surface area contributed by atoms with Crippen LogP contribution in [0.2, 0.25) is 0 Å². The van der Waals surface area contributed by atoms with E-state index in [9.17, 15) is 17.6 Å². The van der Waals surface area contributed by atoms with Gasteiger partial charge in [0.1, 0.15) is 11.6 Å². The number of halogens is 1. The molecule has 0 aliphatic carbocycles. The summed E-state index contributed by atoms with van der Waals surface area (Å²) in [6.07, 6.45) is 1.07. The zero-order valence-corrected chi connectivity index (χ0v) is 14.0. The topological polar surface area (TPSA) is 84.5 Å². The zero-order chi connectivity index (χ0) is 17.7. The van der Waals surface area contributed by atoms with Crippen LogP contribution in [-0.2, 0) is 14.6 Å². The third-order valence-corrected chi connectivity index (χ3v) is 4.29. The molecule has 6 nitrogen and oxygen atoms in total. The maximum atomic E-state index is 12.8. The van der Waals surface area contributed by atoms with E-state index in [1.54, 1.807) is 6.07 Å². The number of amides is 1. The van der Waals surface area contributed by atoms with Gasteiger partial charge >= 0.3 is 0 Å². The van der Waals surface area contributed by atoms with Crippen LogP contribution in [-0.4, -0.2) is 34.2 Å². The second-order valence-corrected chi connectivity index (χ2v) is 7.03. The summed E-state index contributed by atoms with van der Waals surface area (Å²) >= 11 is 0. The lowest BCUT2D eigenvalue weighted by atomic mass is 10.3. The minimum Gasteiger partial charge on any atom is -0.497 e. The summed E-state index contributed by atoms with van der Waals surface area (Å²) in [4.78, 5) is 12.0. The predicted octanol–water partition coefficient (Wildman–Crippen LogP) is 2.29. The summed E-state index contributed by atoms with van der Waals surface area (Å²) in [7, 11) is -2.06. The molecule has 0 atom stereocenters. The third-order valence-electron chi connectivity index (χ3n) is 3.16. The van der Waals surface area contributed by atoms with E-state index >= 15 is 0 Å². The van der Waals surface area contributed by atoms with Crippen molar-refractivity contribution in [3.63, 3.8) is 0 Å². The van der Waals surface area contributed by atoms with E-state index < -0.39 is 21.6 Å². The van der Waals surface area contributed by atoms with Crippen LogP contribution in [0.15, 0.2) is 47.4 Å². The molecule has 128 valence electrons. The lowest BCUT2D eigenvalue weighted by molar-refractivity contribution is -0.114. The lowest BCUT2D eigenvalue weighted by Crippen LogP contribution is -2.22. The first kappa shape index (κ1) is 17.7. The number of methoxy groups -OCH3 is 1. The Balaban J connectivity index is 2.08. The highest BCUT2D eigenvalue weighted by atomic mass is 32.2. The Hall–Kier alpha value is -2.61. The second kappa shape index (κ2) is 7.31. The van der Waals surface area contributed by atoms with Crippen molar-refractivity contribution in [2.45, 2.75) is 4.90 Å². The van der Waals surface area contributed by atoms with Gasteiger partial charge in [-0.2, -0.15) is 0 Å². The number of ether oxygens (including phenoxy) is 1. The molecule has 0 aliphatic rings. The van der Waals surface area contributed by atoms with Crippen molar-refractivity contribution in [1.29, 1.82) is 0 Å². The SMILES string of the molecule is COc1ccc(NCC(=O)Nc2ccc(F)cc2)c(S(C)(=O)=O)c1. The molecule has 8 heteroatoms. The van der Waals surface area contributed by atoms with E-state index in [0.29, 0.717) is 17.1 Å². The Morgan fingerprint density at radius 1 is 1.17 bits per heavy atom. The van der Waals surface area contributed by atoms with E-state index in [-0.39, 0.29) is 11.4 Å². The van der Waals surface area contributed by atoms with Gasteiger partial charge in [-0.05, 0) is 36.4 Å². The molecule has 0 aromatic heterocycles. The first-order valence-corrected chi connectivity index (χ1v) is 8.86. The molecule has 0 saturated carbocycles. The molecule has 0 aliphatic heterocycles. The average Bonchev–Trinajstić information content (AvgIpc) is 2.54. The molecule has 24 heavy (non-hydrogen) atoms. The maximum Gasteiger partial charge on any atom is 0.243 e. The molecule has 2 aromatic carbocycles. The fourth-order valence-electron chi connectivity index (χ4n) is 2.00. The standard InChI is InChI=1S/C16H17FN2O4S/c1-23-13-7-8-14(15(9-13)24(2,21)22)18-10-16(20)19-12-5-3-11(17)4-6-12/h3-9,18H,10H2,1-2H3,(H,19,20). The summed E-state index contributed by atoms with van der Waals surface area (Å²) in [6, 6.07) is 9.83. The number of rotatable bonds is 6. The Morgan fingerprint density at radius 2 is 1.83 bits per heavy atom. The van der Waals surface area contributed by atoms with Crippen LogP contribution in [0.5, 0.6) is 5.75 Å². The molecule has 2 aromatic rings. The van der Waals surface area contributed by atoms with Gasteiger partial charge in [-0.15, -0.1) is 0 Å². The Kier molecular flexibility index (Phi) is 5.40. The quantitative estimate of drug-likeness (QED) is 0.833. The number of benzene rings is 2. The van der Waals surface area contributed by atoms with Gasteiger partial charge in [0, 0.05) is 18.0 Å². The van der Waals surface area contributed by atoms with Crippen LogP contribution < -0.4 is 15.4 Å². The van der Waals surface area contributed by atoms with Crippen molar-refractivity contribution in [1.82, 2.24) is 0 Å². The smallest absolute Gasteiger partial charge is 0.243 e. The summed E-state index contributed by atoms with van der Waals surface area (Å²) in [5, 5.41) is 5.36. The minimum absolute atomic E-state index is 0.0384. The van der Waals surface area contributed by atoms with E-state index in [1.807, 2.05) is 0 Å². The fourth-order valence-corrected chi connectivity index (χ4v) is 2.87. The van der Waals surface area contributed by atoms with Crippen LogP contribution in [0.4, 0.5) is 15.8 Å². The van der Waals surface area contributed by atoms with Crippen LogP contribution in [0.3, 0.4) is 0 Å². The summed E-state index contributed by atoms with van der Waals surface area (Å²) in [5.41, 5.74) is 0.744. The third kappa shape index (κ3) is 4.69. The van der Waals surface area contributed by atoms with Crippen LogP contribution in [0.1, 0.15) is 0 Å². The Labute approximate surface area is 139 Å². The first-order chi connectivity index (χ1) is 11.3. The Bertz CT molecular complexity index is 836. The largest absolute Gasteiger partial charge is 0.497 e. The molecule has 0 fully saturated rings. The molecule has 0 radical (unpaired) electrons. The lowest BCUT2D eigenvalue weighted by Gasteiger charge is -2.12. The van der Waals surface area contributed by atoms with Crippen molar-refractivity contribution in [3.05, 3.63) is 48.3 Å². The Morgan fingerprint density at radius 3 is 2.42 bits per heavy atom. The molecule has 0 bridgehead atoms. The fraction of sp³-hybridized carbons (Fsp3) is 0.188. The van der Waals surface area contributed by atoms with Crippen molar-refractivity contribution in [2.75, 3.05) is 30.5 Å². The maximum absolute atomic E-state index is 12.8. The molecule has 0 unspecified atom stereocenters. The molecular weight excluding hydrogens is 335 g/mol. The van der Waals surface area contributed by atoms with Gasteiger partial charge in [0.25, 0.3) is 0 Å². The van der Waals surface area contributed by atoms with Gasteiger partial charge in [0.15, 0.2) is 9.84 Å². The predicted molar refractivity (Wildman–Crippen MR) is 89.6 cm³/mol. The number of anilines is 2. The van der Waals surface area contributed by atoms with Gasteiger partial charge in [-0.1, -0.05) is 0 Å². The first-order valence-electron chi connectivity index (χ1n) is 6.97. The molecule has 2 N–H and O–H groups in total. The van der Waals surface area contributed by atoms with Gasteiger partial charge < -0.3 is 15.4 Å². The number of hydrogen-bond donors (Lipinski definition) is 2. The molecular formula is C16H17FN2O4S. The van der Waals surface area contributed by atoms with Crippen LogP contribution >= 0.6 is 0 Å². The van der Waals surface area contributed by atoms with Gasteiger partial charge in [0.05, 0.1) is 24.2 Å². The number of carbonyl (C=O) groups is 1. The highest BCUT2D eigenvalue weighted by molar-refractivity contribution is 7.90. The highest BCUT2D eigenvalue weighted by Gasteiger charge is 2.15. The van der Waals surface area contributed by atoms with E-state index in [0.717, 1.165) is 6.26 Å². The highest BCUT2D eigenvalue weighted by Crippen LogP contribution is 2.26. The monoisotopic (exact) mass is 352 g/mol. The van der Waals surface area contributed by atoms with E-state index in [4.69, 9.17) is 4.74 Å². The zero-order valence-electron chi connectivity index (χ0n) is 13.2. The van der Waals surface area contributed by atoms with Gasteiger partial charge in [-0.3, -0.25) is 4.79 Å². The normalized spacial score (nSPS) is 11.0. The summed E-state index contributed by atoms with van der Waals surface area (Å²) in [6.45, 7) is -0.147. The number of nitrogens with one attached hydrogen (secondary N) is 2. The average molecular weight is 352 g/mol. The van der Waals surface area contributed by atoms with E-state index in [2.05, 4.69) is 10.6 Å². The van der Waals surface area contributed by atoms with Crippen LogP contribution in [0, 0.1) is 5.82 Å². The van der Waals surface area contributed by atoms with Crippen molar-refractivity contribution in [3.8, 4) is 5.75 Å².